The molecule has 1 N–H and O–H groups in total. The monoisotopic (exact) mass is 456 g/mol. The normalized spacial score (nSPS) is 18.4. The number of nitriles is 1. The molecule has 0 saturated carbocycles. The summed E-state index contributed by atoms with van der Waals surface area (Å²) in [5.41, 5.74) is 3.35. The fourth-order valence-electron chi connectivity index (χ4n) is 5.09. The lowest BCUT2D eigenvalue weighted by molar-refractivity contribution is 0.0708. The molecule has 2 aliphatic rings. The molecule has 8 nitrogen and oxygen atoms in total. The number of aromatic nitrogens is 3. The minimum absolute atomic E-state index is 0.0133. The number of rotatable bonds is 5. The van der Waals surface area contributed by atoms with Crippen LogP contribution in [0.25, 0.3) is 16.9 Å². The minimum atomic E-state index is -0.0374. The number of aromatic hydroxyl groups is 1. The Morgan fingerprint density at radius 3 is 2.65 bits per heavy atom. The summed E-state index contributed by atoms with van der Waals surface area (Å²) in [6, 6.07) is 11.1. The van der Waals surface area contributed by atoms with E-state index in [2.05, 4.69) is 21.1 Å². The van der Waals surface area contributed by atoms with E-state index in [9.17, 15) is 9.90 Å². The number of carbonyl (C=O) groups is 1. The van der Waals surface area contributed by atoms with Crippen LogP contribution < -0.4 is 0 Å². The molecule has 34 heavy (non-hydrogen) atoms. The van der Waals surface area contributed by atoms with Gasteiger partial charge >= 0.3 is 0 Å². The Balaban J connectivity index is 1.33. The second-order valence-corrected chi connectivity index (χ2v) is 9.14. The summed E-state index contributed by atoms with van der Waals surface area (Å²) in [4.78, 5) is 22.1. The summed E-state index contributed by atoms with van der Waals surface area (Å²) in [5.74, 6) is 0.408. The van der Waals surface area contributed by atoms with Gasteiger partial charge in [0, 0.05) is 25.3 Å². The van der Waals surface area contributed by atoms with Gasteiger partial charge in [-0.2, -0.15) is 15.0 Å². The maximum atomic E-state index is 13.2. The topological polar surface area (TPSA) is 98.3 Å². The molecule has 8 heteroatoms. The van der Waals surface area contributed by atoms with Crippen LogP contribution in [-0.4, -0.2) is 67.8 Å². The van der Waals surface area contributed by atoms with Crippen molar-refractivity contribution in [3.63, 3.8) is 0 Å². The van der Waals surface area contributed by atoms with Gasteiger partial charge in [-0.05, 0) is 81.1 Å². The summed E-state index contributed by atoms with van der Waals surface area (Å²) in [6.07, 6.45) is 7.73. The van der Waals surface area contributed by atoms with Crippen LogP contribution in [0.3, 0.4) is 0 Å². The van der Waals surface area contributed by atoms with Crippen LogP contribution in [0.1, 0.15) is 47.2 Å². The summed E-state index contributed by atoms with van der Waals surface area (Å²) < 4.78 is 1.35. The molecule has 1 aromatic carbocycles. The molecule has 5 rings (SSSR count). The van der Waals surface area contributed by atoms with Gasteiger partial charge < -0.3 is 14.9 Å². The van der Waals surface area contributed by atoms with Crippen molar-refractivity contribution >= 4 is 5.91 Å². The van der Waals surface area contributed by atoms with Crippen LogP contribution in [0.4, 0.5) is 0 Å². The smallest absolute Gasteiger partial charge is 0.255 e. The number of benzene rings is 1. The molecule has 1 atom stereocenters. The van der Waals surface area contributed by atoms with Crippen molar-refractivity contribution in [3.05, 3.63) is 59.4 Å². The molecule has 2 fully saturated rings. The van der Waals surface area contributed by atoms with E-state index >= 15 is 0 Å². The highest BCUT2D eigenvalue weighted by molar-refractivity contribution is 5.94. The van der Waals surface area contributed by atoms with E-state index in [0.717, 1.165) is 50.1 Å². The van der Waals surface area contributed by atoms with Gasteiger partial charge in [-0.15, -0.1) is 0 Å². The van der Waals surface area contributed by atoms with Crippen LogP contribution in [0.15, 0.2) is 42.7 Å². The summed E-state index contributed by atoms with van der Waals surface area (Å²) in [6.45, 7) is 5.89. The number of hydrogen-bond acceptors (Lipinski definition) is 6. The Morgan fingerprint density at radius 1 is 1.12 bits per heavy atom. The highest BCUT2D eigenvalue weighted by Gasteiger charge is 2.31. The lowest BCUT2D eigenvalue weighted by Crippen LogP contribution is -2.42. The lowest BCUT2D eigenvalue weighted by atomic mass is 10.0. The predicted octanol–water partition coefficient (Wildman–Crippen LogP) is 3.52. The maximum Gasteiger partial charge on any atom is 0.255 e. The average Bonchev–Trinajstić information content (AvgIpc) is 3.61. The quantitative estimate of drug-likeness (QED) is 0.631. The van der Waals surface area contributed by atoms with E-state index in [0.29, 0.717) is 22.5 Å². The number of carbonyl (C=O) groups excluding carboxylic acids is 1. The number of nitrogens with zero attached hydrogens (tertiary/aromatic N) is 6. The van der Waals surface area contributed by atoms with Crippen LogP contribution in [0.5, 0.6) is 5.88 Å². The van der Waals surface area contributed by atoms with Crippen molar-refractivity contribution < 1.29 is 9.90 Å². The molecule has 174 valence electrons. The van der Waals surface area contributed by atoms with E-state index < -0.39 is 0 Å². The fraction of sp³-hybridized carbons (Fsp3) is 0.385. The second kappa shape index (κ2) is 9.27. The third-order valence-electron chi connectivity index (χ3n) is 6.91. The van der Waals surface area contributed by atoms with Gasteiger partial charge in [-0.1, -0.05) is 6.07 Å². The van der Waals surface area contributed by atoms with Gasteiger partial charge in [0.05, 0.1) is 29.0 Å². The zero-order valence-corrected chi connectivity index (χ0v) is 19.3. The van der Waals surface area contributed by atoms with Crippen LogP contribution in [0, 0.1) is 18.3 Å². The number of aryl methyl sites for hydroxylation is 1. The first kappa shape index (κ1) is 22.1. The Morgan fingerprint density at radius 2 is 1.94 bits per heavy atom. The molecular weight excluding hydrogens is 428 g/mol. The van der Waals surface area contributed by atoms with Crippen molar-refractivity contribution in [3.8, 4) is 28.9 Å². The molecule has 0 radical (unpaired) electrons. The molecule has 0 unspecified atom stereocenters. The van der Waals surface area contributed by atoms with Crippen molar-refractivity contribution in [2.24, 2.45) is 0 Å². The second-order valence-electron chi connectivity index (χ2n) is 9.14. The molecule has 3 aromatic rings. The van der Waals surface area contributed by atoms with Gasteiger partial charge in [0.1, 0.15) is 0 Å². The maximum absolute atomic E-state index is 13.2. The molecule has 1 amide bonds. The molecule has 2 aromatic heterocycles. The van der Waals surface area contributed by atoms with Gasteiger partial charge in [0.2, 0.25) is 5.88 Å². The predicted molar refractivity (Wildman–Crippen MR) is 128 cm³/mol. The highest BCUT2D eigenvalue weighted by Crippen LogP contribution is 2.33. The zero-order chi connectivity index (χ0) is 23.7. The summed E-state index contributed by atoms with van der Waals surface area (Å²) >= 11 is 0. The largest absolute Gasteiger partial charge is 0.493 e. The number of hydrogen-bond donors (Lipinski definition) is 1. The zero-order valence-electron chi connectivity index (χ0n) is 19.3. The third-order valence-corrected chi connectivity index (χ3v) is 6.91. The van der Waals surface area contributed by atoms with E-state index in [1.54, 1.807) is 42.7 Å². The Labute approximate surface area is 199 Å². The minimum Gasteiger partial charge on any atom is -0.493 e. The lowest BCUT2D eigenvalue weighted by Gasteiger charge is -2.28. The molecule has 2 aliphatic heterocycles. The number of amides is 1. The molecule has 0 spiro atoms. The Bertz CT molecular complexity index is 1240. The van der Waals surface area contributed by atoms with Crippen LogP contribution >= 0.6 is 0 Å². The Hall–Kier alpha value is -3.70. The average molecular weight is 457 g/mol. The highest BCUT2D eigenvalue weighted by atomic mass is 16.3. The summed E-state index contributed by atoms with van der Waals surface area (Å²) in [7, 11) is 0. The first-order valence-electron chi connectivity index (χ1n) is 11.8. The number of pyridine rings is 1. The van der Waals surface area contributed by atoms with E-state index in [4.69, 9.17) is 5.26 Å². The third kappa shape index (κ3) is 4.15. The molecule has 0 aliphatic carbocycles. The Kier molecular flexibility index (Phi) is 6.03. The van der Waals surface area contributed by atoms with Crippen molar-refractivity contribution in [2.75, 3.05) is 26.2 Å². The van der Waals surface area contributed by atoms with E-state index in [-0.39, 0.29) is 17.8 Å². The van der Waals surface area contributed by atoms with Crippen LogP contribution in [0.2, 0.25) is 0 Å². The molecule has 2 saturated heterocycles. The molecular formula is C26H28N6O2. The standard InChI is InChI=1S/C26H28N6O2/c1-18-13-19(14-27)6-8-22(18)23-16-29-32(26(23)34)24-9-7-20(15-28-24)25(33)31-12-4-5-21(31)17-30-10-2-3-11-30/h6-9,13,15-16,21,34H,2-5,10-12,17H2,1H3/t21-/m1/s1. The number of likely N-dealkylation sites (tertiary alicyclic amines) is 2. The van der Waals surface area contributed by atoms with Crippen molar-refractivity contribution in [1.29, 1.82) is 5.26 Å². The van der Waals surface area contributed by atoms with Gasteiger partial charge in [0.15, 0.2) is 5.82 Å². The first-order valence-corrected chi connectivity index (χ1v) is 11.8. The van der Waals surface area contributed by atoms with Gasteiger partial charge in [0.25, 0.3) is 5.91 Å². The first-order chi connectivity index (χ1) is 16.5. The van der Waals surface area contributed by atoms with Gasteiger partial charge in [-0.25, -0.2) is 4.98 Å². The SMILES string of the molecule is Cc1cc(C#N)ccc1-c1cnn(-c2ccc(C(=O)N3CCC[C@@H]3CN3CCCC3)cn2)c1O. The van der Waals surface area contributed by atoms with Crippen LogP contribution in [-0.2, 0) is 0 Å². The molecule has 4 heterocycles. The van der Waals surface area contributed by atoms with Gasteiger partial charge in [-0.3, -0.25) is 4.79 Å². The van der Waals surface area contributed by atoms with E-state index in [1.165, 1.54) is 17.5 Å². The van der Waals surface area contributed by atoms with Crippen molar-refractivity contribution in [1.82, 2.24) is 24.6 Å². The van der Waals surface area contributed by atoms with Crippen molar-refractivity contribution in [2.45, 2.75) is 38.6 Å². The summed E-state index contributed by atoms with van der Waals surface area (Å²) in [5, 5.41) is 24.2. The fourth-order valence-corrected chi connectivity index (χ4v) is 5.09. The van der Waals surface area contributed by atoms with E-state index in [1.807, 2.05) is 11.8 Å². The molecule has 0 bridgehead atoms.